The van der Waals surface area contributed by atoms with Crippen LogP contribution in [0.5, 0.6) is 5.75 Å². The van der Waals surface area contributed by atoms with Gasteiger partial charge >= 0.3 is 0 Å². The first-order valence-corrected chi connectivity index (χ1v) is 9.40. The molecule has 6 heteroatoms. The van der Waals surface area contributed by atoms with E-state index in [1.54, 1.807) is 0 Å². The molecule has 0 fully saturated rings. The Kier molecular flexibility index (Phi) is 13.9. The van der Waals surface area contributed by atoms with Crippen LogP contribution in [0.4, 0.5) is 0 Å². The molecule has 3 nitrogen and oxygen atoms in total. The topological polar surface area (TPSA) is 24.5 Å². The highest BCUT2D eigenvalue weighted by atomic mass is 79.9. The van der Waals surface area contributed by atoms with Gasteiger partial charge < -0.3 is 15.0 Å². The molecule has 0 unspecified atom stereocenters. The molecule has 0 saturated heterocycles. The zero-order valence-corrected chi connectivity index (χ0v) is 18.6. The smallest absolute Gasteiger partial charge is 0.134 e. The maximum absolute atomic E-state index is 5.89. The van der Waals surface area contributed by atoms with Crippen molar-refractivity contribution < 1.29 is 4.74 Å². The van der Waals surface area contributed by atoms with Crippen LogP contribution in [-0.4, -0.2) is 31.1 Å². The molecule has 2 aromatic rings. The first-order valence-electron chi connectivity index (χ1n) is 8.61. The van der Waals surface area contributed by atoms with Gasteiger partial charge in [0.2, 0.25) is 0 Å². The van der Waals surface area contributed by atoms with Crippen LogP contribution < -0.4 is 10.1 Å². The fraction of sp³-hybridized carbons (Fsp3) is 0.400. The van der Waals surface area contributed by atoms with E-state index in [2.05, 4.69) is 64.3 Å². The van der Waals surface area contributed by atoms with Crippen LogP contribution in [0.15, 0.2) is 53.0 Å². The Balaban J connectivity index is 0.00000312. The number of benzene rings is 2. The van der Waals surface area contributed by atoms with E-state index in [-0.39, 0.29) is 24.8 Å². The summed E-state index contributed by atoms with van der Waals surface area (Å²) in [4.78, 5) is 2.42. The number of halogens is 3. The van der Waals surface area contributed by atoms with Crippen molar-refractivity contribution in [2.75, 3.05) is 26.2 Å². The maximum Gasteiger partial charge on any atom is 0.134 e. The lowest BCUT2D eigenvalue weighted by molar-refractivity contribution is 0.301. The van der Waals surface area contributed by atoms with Gasteiger partial charge in [-0.15, -0.1) is 24.8 Å². The molecule has 0 amide bonds. The van der Waals surface area contributed by atoms with Gasteiger partial charge in [0.25, 0.3) is 0 Å². The summed E-state index contributed by atoms with van der Waals surface area (Å²) in [7, 11) is 0. The van der Waals surface area contributed by atoms with E-state index in [4.69, 9.17) is 4.74 Å². The number of rotatable bonds is 10. The molecule has 26 heavy (non-hydrogen) atoms. The van der Waals surface area contributed by atoms with E-state index in [9.17, 15) is 0 Å². The van der Waals surface area contributed by atoms with Gasteiger partial charge in [-0.25, -0.2) is 0 Å². The quantitative estimate of drug-likeness (QED) is 0.483. The van der Waals surface area contributed by atoms with Crippen molar-refractivity contribution in [3.05, 3.63) is 64.1 Å². The van der Waals surface area contributed by atoms with Gasteiger partial charge in [-0.2, -0.15) is 0 Å². The van der Waals surface area contributed by atoms with E-state index in [1.165, 1.54) is 11.1 Å². The SMILES string of the molecule is CCN(CC)CCNCc1ccc(OCc2ccccc2)c(Br)c1.Cl.Cl. The van der Waals surface area contributed by atoms with Crippen LogP contribution in [0.2, 0.25) is 0 Å². The van der Waals surface area contributed by atoms with Crippen LogP contribution in [0.3, 0.4) is 0 Å². The molecule has 2 aromatic carbocycles. The number of nitrogens with one attached hydrogen (secondary N) is 1. The molecule has 0 spiro atoms. The molecule has 0 heterocycles. The largest absolute Gasteiger partial charge is 0.488 e. The molecule has 0 bridgehead atoms. The third-order valence-electron chi connectivity index (χ3n) is 4.06. The molecule has 0 saturated carbocycles. The summed E-state index contributed by atoms with van der Waals surface area (Å²) < 4.78 is 6.89. The van der Waals surface area contributed by atoms with Crippen molar-refractivity contribution in [1.29, 1.82) is 0 Å². The summed E-state index contributed by atoms with van der Waals surface area (Å²) in [5, 5.41) is 3.50. The second kappa shape index (κ2) is 14.3. The van der Waals surface area contributed by atoms with E-state index < -0.39 is 0 Å². The predicted octanol–water partition coefficient (Wildman–Crippen LogP) is 5.30. The first kappa shape index (κ1) is 25.2. The lowest BCUT2D eigenvalue weighted by Crippen LogP contribution is -2.31. The second-order valence-electron chi connectivity index (χ2n) is 5.74. The Morgan fingerprint density at radius 3 is 2.27 bits per heavy atom. The Hall–Kier alpha value is -0.780. The Bertz CT molecular complexity index is 610. The summed E-state index contributed by atoms with van der Waals surface area (Å²) in [6.45, 7) is 10.2. The fourth-order valence-electron chi connectivity index (χ4n) is 2.52. The summed E-state index contributed by atoms with van der Waals surface area (Å²) in [6, 6.07) is 16.5. The summed E-state index contributed by atoms with van der Waals surface area (Å²) in [5.74, 6) is 0.880. The lowest BCUT2D eigenvalue weighted by atomic mass is 10.2. The van der Waals surface area contributed by atoms with Gasteiger partial charge in [-0.1, -0.05) is 50.2 Å². The summed E-state index contributed by atoms with van der Waals surface area (Å²) in [5.41, 5.74) is 2.43. The highest BCUT2D eigenvalue weighted by Crippen LogP contribution is 2.26. The molecule has 0 radical (unpaired) electrons. The predicted molar refractivity (Wildman–Crippen MR) is 119 cm³/mol. The highest BCUT2D eigenvalue weighted by molar-refractivity contribution is 9.10. The minimum Gasteiger partial charge on any atom is -0.488 e. The van der Waals surface area contributed by atoms with Crippen molar-refractivity contribution >= 4 is 40.7 Å². The highest BCUT2D eigenvalue weighted by Gasteiger charge is 2.04. The van der Waals surface area contributed by atoms with Crippen LogP contribution in [0, 0.1) is 0 Å². The van der Waals surface area contributed by atoms with Gasteiger partial charge in [-0.05, 0) is 52.3 Å². The van der Waals surface area contributed by atoms with Crippen LogP contribution in [0.1, 0.15) is 25.0 Å². The van der Waals surface area contributed by atoms with Gasteiger partial charge in [-0.3, -0.25) is 0 Å². The molecule has 0 aromatic heterocycles. The number of hydrogen-bond donors (Lipinski definition) is 1. The summed E-state index contributed by atoms with van der Waals surface area (Å²) in [6.07, 6.45) is 0. The zero-order chi connectivity index (χ0) is 17.2. The molecular formula is C20H29BrCl2N2O. The number of ether oxygens (including phenoxy) is 1. The third-order valence-corrected chi connectivity index (χ3v) is 4.68. The van der Waals surface area contributed by atoms with Gasteiger partial charge in [0, 0.05) is 19.6 Å². The van der Waals surface area contributed by atoms with E-state index in [1.807, 2.05) is 24.3 Å². The Morgan fingerprint density at radius 1 is 0.962 bits per heavy atom. The van der Waals surface area contributed by atoms with Crippen molar-refractivity contribution in [3.63, 3.8) is 0 Å². The maximum atomic E-state index is 5.89. The average molecular weight is 464 g/mol. The minimum atomic E-state index is 0. The third kappa shape index (κ3) is 8.74. The first-order chi connectivity index (χ1) is 11.7. The number of likely N-dealkylation sites (N-methyl/N-ethyl adjacent to an activating group) is 1. The van der Waals surface area contributed by atoms with Crippen molar-refractivity contribution in [1.82, 2.24) is 10.2 Å². The number of nitrogens with zero attached hydrogens (tertiary/aromatic N) is 1. The normalized spacial score (nSPS) is 10.2. The number of hydrogen-bond acceptors (Lipinski definition) is 3. The molecule has 0 aliphatic heterocycles. The van der Waals surface area contributed by atoms with Crippen molar-refractivity contribution in [2.24, 2.45) is 0 Å². The standard InChI is InChI=1S/C20H27BrN2O.2ClH/c1-3-23(4-2)13-12-22-15-18-10-11-20(19(21)14-18)24-16-17-8-6-5-7-9-17;;/h5-11,14,22H,3-4,12-13,15-16H2,1-2H3;2*1H. The molecule has 1 N–H and O–H groups in total. The molecule has 0 atom stereocenters. The zero-order valence-electron chi connectivity index (χ0n) is 15.4. The van der Waals surface area contributed by atoms with E-state index >= 15 is 0 Å². The molecule has 2 rings (SSSR count). The molecule has 146 valence electrons. The average Bonchev–Trinajstić information content (AvgIpc) is 2.62. The fourth-order valence-corrected chi connectivity index (χ4v) is 3.06. The Morgan fingerprint density at radius 2 is 1.65 bits per heavy atom. The molecule has 0 aliphatic carbocycles. The van der Waals surface area contributed by atoms with Gasteiger partial charge in [0.1, 0.15) is 12.4 Å². The Labute approximate surface area is 178 Å². The minimum absolute atomic E-state index is 0. The van der Waals surface area contributed by atoms with E-state index in [0.717, 1.165) is 42.9 Å². The van der Waals surface area contributed by atoms with Crippen LogP contribution in [0.25, 0.3) is 0 Å². The van der Waals surface area contributed by atoms with Crippen LogP contribution >= 0.6 is 40.7 Å². The van der Waals surface area contributed by atoms with Gasteiger partial charge in [0.05, 0.1) is 4.47 Å². The van der Waals surface area contributed by atoms with E-state index in [0.29, 0.717) is 6.61 Å². The summed E-state index contributed by atoms with van der Waals surface area (Å²) >= 11 is 3.61. The lowest BCUT2D eigenvalue weighted by Gasteiger charge is -2.18. The van der Waals surface area contributed by atoms with Crippen LogP contribution in [-0.2, 0) is 13.2 Å². The monoisotopic (exact) mass is 462 g/mol. The van der Waals surface area contributed by atoms with Crippen molar-refractivity contribution in [2.45, 2.75) is 27.0 Å². The molecule has 0 aliphatic rings. The van der Waals surface area contributed by atoms with Crippen molar-refractivity contribution in [3.8, 4) is 5.75 Å². The second-order valence-corrected chi connectivity index (χ2v) is 6.60. The van der Waals surface area contributed by atoms with Gasteiger partial charge in [0.15, 0.2) is 0 Å². The molecular weight excluding hydrogens is 435 g/mol.